The number of nitrogens with zero attached hydrogens (tertiary/aromatic N) is 5. The summed E-state index contributed by atoms with van der Waals surface area (Å²) in [6, 6.07) is 13.7. The SMILES string of the molecule is C=C(/C=C\c1nnc(C(C)Nc2ccnc3cc(OC)cnc23)n1C)c1ccccc1. The van der Waals surface area contributed by atoms with Crippen LogP contribution in [0, 0.1) is 0 Å². The molecule has 7 nitrogen and oxygen atoms in total. The molecule has 3 aromatic heterocycles. The lowest BCUT2D eigenvalue weighted by Gasteiger charge is -2.16. The van der Waals surface area contributed by atoms with Crippen LogP contribution in [0.25, 0.3) is 22.7 Å². The molecule has 1 unspecified atom stereocenters. The third-order valence-corrected chi connectivity index (χ3v) is 5.07. The smallest absolute Gasteiger partial charge is 0.156 e. The zero-order valence-corrected chi connectivity index (χ0v) is 17.8. The molecule has 7 heteroatoms. The number of ether oxygens (including phenoxy) is 1. The Labute approximate surface area is 181 Å². The highest BCUT2D eigenvalue weighted by atomic mass is 16.5. The Morgan fingerprint density at radius 3 is 2.74 bits per heavy atom. The van der Waals surface area contributed by atoms with E-state index in [0.29, 0.717) is 5.75 Å². The fraction of sp³-hybridized carbons (Fsp3) is 0.167. The second-order valence-corrected chi connectivity index (χ2v) is 7.17. The predicted octanol–water partition coefficient (Wildman–Crippen LogP) is 4.67. The monoisotopic (exact) mass is 412 g/mol. The first-order valence-electron chi connectivity index (χ1n) is 9.94. The minimum atomic E-state index is -0.0912. The van der Waals surface area contributed by atoms with Gasteiger partial charge in [0.05, 0.1) is 30.6 Å². The Bertz CT molecular complexity index is 1250. The zero-order chi connectivity index (χ0) is 21.8. The van der Waals surface area contributed by atoms with E-state index in [9.17, 15) is 0 Å². The first-order valence-corrected chi connectivity index (χ1v) is 9.94. The minimum absolute atomic E-state index is 0.0912. The highest BCUT2D eigenvalue weighted by Gasteiger charge is 2.16. The Kier molecular flexibility index (Phi) is 5.75. The molecule has 0 saturated heterocycles. The number of anilines is 1. The van der Waals surface area contributed by atoms with Crippen molar-refractivity contribution >= 4 is 28.4 Å². The van der Waals surface area contributed by atoms with Gasteiger partial charge in [0, 0.05) is 19.3 Å². The predicted molar refractivity (Wildman–Crippen MR) is 124 cm³/mol. The van der Waals surface area contributed by atoms with Crippen LogP contribution in [-0.4, -0.2) is 31.8 Å². The molecule has 0 saturated carbocycles. The van der Waals surface area contributed by atoms with Crippen LogP contribution in [0.2, 0.25) is 0 Å². The van der Waals surface area contributed by atoms with Gasteiger partial charge < -0.3 is 14.6 Å². The van der Waals surface area contributed by atoms with Crippen LogP contribution >= 0.6 is 0 Å². The lowest BCUT2D eigenvalue weighted by molar-refractivity contribution is 0.413. The van der Waals surface area contributed by atoms with Gasteiger partial charge in [0.1, 0.15) is 11.3 Å². The number of hydrogen-bond donors (Lipinski definition) is 1. The highest BCUT2D eigenvalue weighted by molar-refractivity contribution is 5.88. The molecular formula is C24H24N6O. The molecule has 4 rings (SSSR count). The zero-order valence-electron chi connectivity index (χ0n) is 17.8. The molecule has 0 amide bonds. The molecule has 1 aromatic carbocycles. The number of hydrogen-bond acceptors (Lipinski definition) is 6. The molecule has 156 valence electrons. The molecule has 0 fully saturated rings. The van der Waals surface area contributed by atoms with Gasteiger partial charge in [-0.2, -0.15) is 0 Å². The maximum Gasteiger partial charge on any atom is 0.156 e. The van der Waals surface area contributed by atoms with Gasteiger partial charge in [0.15, 0.2) is 11.6 Å². The summed E-state index contributed by atoms with van der Waals surface area (Å²) in [5, 5.41) is 12.2. The maximum absolute atomic E-state index is 5.24. The maximum atomic E-state index is 5.24. The Hall–Kier alpha value is -4.00. The van der Waals surface area contributed by atoms with Crippen molar-refractivity contribution in [3.05, 3.63) is 84.7 Å². The van der Waals surface area contributed by atoms with Crippen LogP contribution in [0.3, 0.4) is 0 Å². The largest absolute Gasteiger partial charge is 0.495 e. The quantitative estimate of drug-likeness (QED) is 0.445. The summed E-state index contributed by atoms with van der Waals surface area (Å²) >= 11 is 0. The van der Waals surface area contributed by atoms with Crippen LogP contribution in [0.15, 0.2) is 67.5 Å². The molecule has 4 aromatic rings. The molecular weight excluding hydrogens is 388 g/mol. The van der Waals surface area contributed by atoms with E-state index in [0.717, 1.165) is 39.5 Å². The number of rotatable bonds is 7. The number of nitrogens with one attached hydrogen (secondary N) is 1. The van der Waals surface area contributed by atoms with Crippen molar-refractivity contribution in [2.75, 3.05) is 12.4 Å². The van der Waals surface area contributed by atoms with E-state index in [2.05, 4.69) is 32.1 Å². The second kappa shape index (κ2) is 8.79. The van der Waals surface area contributed by atoms with Gasteiger partial charge in [-0.1, -0.05) is 43.0 Å². The van der Waals surface area contributed by atoms with Crippen LogP contribution in [0.1, 0.15) is 30.2 Å². The second-order valence-electron chi connectivity index (χ2n) is 7.17. The first-order chi connectivity index (χ1) is 15.1. The van der Waals surface area contributed by atoms with E-state index in [4.69, 9.17) is 4.74 Å². The third-order valence-electron chi connectivity index (χ3n) is 5.07. The molecule has 0 aliphatic rings. The van der Waals surface area contributed by atoms with Crippen LogP contribution in [0.4, 0.5) is 5.69 Å². The molecule has 0 radical (unpaired) electrons. The number of allylic oxidation sites excluding steroid dienone is 2. The number of methoxy groups -OCH3 is 1. The molecule has 1 atom stereocenters. The van der Waals surface area contributed by atoms with Gasteiger partial charge in [-0.3, -0.25) is 4.98 Å². The van der Waals surface area contributed by atoms with Gasteiger partial charge in [0.2, 0.25) is 0 Å². The number of pyridine rings is 2. The van der Waals surface area contributed by atoms with Gasteiger partial charge in [0.25, 0.3) is 0 Å². The standard InChI is InChI=1S/C24H24N6O/c1-16(18-8-6-5-7-9-18)10-11-22-28-29-24(30(22)3)17(2)27-20-12-13-25-21-14-19(31-4)15-26-23(20)21/h5-15,17H,1H2,2-4H3,(H,25,27)/b11-10-. The Morgan fingerprint density at radius 2 is 1.97 bits per heavy atom. The van der Waals surface area contributed by atoms with Gasteiger partial charge in [-0.25, -0.2) is 4.98 Å². The molecule has 3 heterocycles. The van der Waals surface area contributed by atoms with Crippen LogP contribution in [-0.2, 0) is 7.05 Å². The lowest BCUT2D eigenvalue weighted by Crippen LogP contribution is -2.13. The molecule has 0 bridgehead atoms. The topological polar surface area (TPSA) is 77.8 Å². The molecule has 0 spiro atoms. The van der Waals surface area contributed by atoms with Crippen molar-refractivity contribution in [1.82, 2.24) is 24.7 Å². The minimum Gasteiger partial charge on any atom is -0.495 e. The summed E-state index contributed by atoms with van der Waals surface area (Å²) in [4.78, 5) is 8.88. The van der Waals surface area contributed by atoms with Crippen molar-refractivity contribution in [2.45, 2.75) is 13.0 Å². The molecule has 31 heavy (non-hydrogen) atoms. The van der Waals surface area contributed by atoms with Crippen molar-refractivity contribution < 1.29 is 4.74 Å². The van der Waals surface area contributed by atoms with Crippen LogP contribution in [0.5, 0.6) is 5.75 Å². The van der Waals surface area contributed by atoms with E-state index in [1.807, 2.05) is 73.2 Å². The summed E-state index contributed by atoms with van der Waals surface area (Å²) in [7, 11) is 3.56. The average molecular weight is 412 g/mol. The number of aromatic nitrogens is 5. The number of fused-ring (bicyclic) bond motifs is 1. The lowest BCUT2D eigenvalue weighted by atomic mass is 10.1. The van der Waals surface area contributed by atoms with Crippen molar-refractivity contribution in [2.24, 2.45) is 7.05 Å². The van der Waals surface area contributed by atoms with E-state index in [1.165, 1.54) is 0 Å². The van der Waals surface area contributed by atoms with Crippen molar-refractivity contribution in [3.8, 4) is 5.75 Å². The summed E-state index contributed by atoms with van der Waals surface area (Å²) in [6.07, 6.45) is 7.31. The summed E-state index contributed by atoms with van der Waals surface area (Å²) in [5.41, 5.74) is 4.40. The first kappa shape index (κ1) is 20.3. The van der Waals surface area contributed by atoms with Gasteiger partial charge in [-0.05, 0) is 30.2 Å². The van der Waals surface area contributed by atoms with E-state index in [1.54, 1.807) is 19.5 Å². The van der Waals surface area contributed by atoms with Crippen molar-refractivity contribution in [1.29, 1.82) is 0 Å². The highest BCUT2D eigenvalue weighted by Crippen LogP contribution is 2.26. The fourth-order valence-electron chi connectivity index (χ4n) is 3.34. The van der Waals surface area contributed by atoms with E-state index < -0.39 is 0 Å². The van der Waals surface area contributed by atoms with E-state index in [-0.39, 0.29) is 6.04 Å². The normalized spacial score (nSPS) is 12.2. The summed E-state index contributed by atoms with van der Waals surface area (Å²) < 4.78 is 7.21. The molecule has 0 aliphatic carbocycles. The van der Waals surface area contributed by atoms with Gasteiger partial charge in [-0.15, -0.1) is 10.2 Å². The fourth-order valence-corrected chi connectivity index (χ4v) is 3.34. The third kappa shape index (κ3) is 4.30. The van der Waals surface area contributed by atoms with Crippen LogP contribution < -0.4 is 10.1 Å². The Balaban J connectivity index is 1.53. The van der Waals surface area contributed by atoms with Crippen molar-refractivity contribution in [3.63, 3.8) is 0 Å². The van der Waals surface area contributed by atoms with Gasteiger partial charge >= 0.3 is 0 Å². The molecule has 1 N–H and O–H groups in total. The number of benzene rings is 1. The summed E-state index contributed by atoms with van der Waals surface area (Å²) in [5.74, 6) is 2.23. The van der Waals surface area contributed by atoms with E-state index >= 15 is 0 Å². The molecule has 0 aliphatic heterocycles. The summed E-state index contributed by atoms with van der Waals surface area (Å²) in [6.45, 7) is 6.17. The average Bonchev–Trinajstić information content (AvgIpc) is 3.18. The Morgan fingerprint density at radius 1 is 1.16 bits per heavy atom.